The average molecular weight is 572 g/mol. The van der Waals surface area contributed by atoms with Gasteiger partial charge in [0.05, 0.1) is 6.54 Å². The predicted octanol–water partition coefficient (Wildman–Crippen LogP) is 4.52. The zero-order chi connectivity index (χ0) is 22.4. The van der Waals surface area contributed by atoms with Crippen LogP contribution in [0.3, 0.4) is 0 Å². The molecule has 9 heteroatoms. The third kappa shape index (κ3) is 10.2. The van der Waals surface area contributed by atoms with Gasteiger partial charge in [-0.15, -0.1) is 24.0 Å². The van der Waals surface area contributed by atoms with Gasteiger partial charge >= 0.3 is 0 Å². The van der Waals surface area contributed by atoms with Crippen molar-refractivity contribution in [2.45, 2.75) is 32.7 Å². The molecule has 1 fully saturated rings. The Kier molecular flexibility index (Phi) is 13.0. The molecule has 1 aliphatic rings. The number of aliphatic imine (C=N–C) groups is 1. The Hall–Kier alpha value is -1.98. The molecule has 0 amide bonds. The topological polar surface area (TPSA) is 77.0 Å². The predicted molar refractivity (Wildman–Crippen MR) is 138 cm³/mol. The smallest absolute Gasteiger partial charge is 0.224 e. The van der Waals surface area contributed by atoms with Crippen molar-refractivity contribution >= 4 is 29.9 Å². The van der Waals surface area contributed by atoms with E-state index < -0.39 is 0 Å². The number of nitrogens with zero attached hydrogens (tertiary/aromatic N) is 2. The fourth-order valence-electron chi connectivity index (χ4n) is 3.33. The Balaban J connectivity index is 0.00000385. The summed E-state index contributed by atoms with van der Waals surface area (Å²) in [5, 5.41) is 6.58. The average Bonchev–Trinajstić information content (AvgIpc) is 2.81. The van der Waals surface area contributed by atoms with Gasteiger partial charge in [-0.1, -0.05) is 12.1 Å². The van der Waals surface area contributed by atoms with Gasteiger partial charge in [0.2, 0.25) is 5.88 Å². The van der Waals surface area contributed by atoms with Crippen LogP contribution < -0.4 is 15.4 Å². The van der Waals surface area contributed by atoms with Crippen LogP contribution in [-0.2, 0) is 16.0 Å². The fraction of sp³-hybridized carbons (Fsp3) is 0.500. The van der Waals surface area contributed by atoms with Crippen LogP contribution in [-0.4, -0.2) is 50.5 Å². The Morgan fingerprint density at radius 1 is 1.21 bits per heavy atom. The molecule has 2 aromatic rings. The first kappa shape index (κ1) is 27.3. The number of aromatic nitrogens is 1. The molecule has 0 unspecified atom stereocenters. The van der Waals surface area contributed by atoms with Gasteiger partial charge in [-0.3, -0.25) is 0 Å². The Morgan fingerprint density at radius 3 is 2.85 bits per heavy atom. The van der Waals surface area contributed by atoms with Gasteiger partial charge in [0, 0.05) is 57.3 Å². The van der Waals surface area contributed by atoms with Crippen molar-refractivity contribution in [2.24, 2.45) is 10.9 Å². The summed E-state index contributed by atoms with van der Waals surface area (Å²) in [7, 11) is 0. The maximum absolute atomic E-state index is 13.4. The van der Waals surface area contributed by atoms with Gasteiger partial charge in [-0.05, 0) is 50.3 Å². The van der Waals surface area contributed by atoms with Crippen LogP contribution in [0.5, 0.6) is 11.6 Å². The summed E-state index contributed by atoms with van der Waals surface area (Å²) in [4.78, 5) is 8.92. The first-order chi connectivity index (χ1) is 15.7. The normalized spacial score (nSPS) is 14.4. The first-order valence-corrected chi connectivity index (χ1v) is 11.3. The molecular formula is C24H34FIN4O3. The standard InChI is InChI=1S/C24H33FN4O3.HI/c1-2-26-24(28-12-5-13-31-18-19-9-14-30-15-10-19)29-17-20-6-4-11-27-23(20)32-22-8-3-7-21(25)16-22;/h3-4,6-8,11,16,19H,2,5,9-10,12-15,17-18H2,1H3,(H2,26,28,29);1H. The van der Waals surface area contributed by atoms with Gasteiger partial charge in [-0.25, -0.2) is 14.4 Å². The lowest BCUT2D eigenvalue weighted by Crippen LogP contribution is -2.38. The fourth-order valence-corrected chi connectivity index (χ4v) is 3.33. The van der Waals surface area contributed by atoms with Crippen molar-refractivity contribution in [1.82, 2.24) is 15.6 Å². The zero-order valence-corrected chi connectivity index (χ0v) is 21.4. The van der Waals surface area contributed by atoms with Gasteiger partial charge in [0.1, 0.15) is 11.6 Å². The van der Waals surface area contributed by atoms with Crippen molar-refractivity contribution in [1.29, 1.82) is 0 Å². The minimum Gasteiger partial charge on any atom is -0.439 e. The summed E-state index contributed by atoms with van der Waals surface area (Å²) in [6, 6.07) is 9.74. The summed E-state index contributed by atoms with van der Waals surface area (Å²) in [5.74, 6) is 1.81. The largest absolute Gasteiger partial charge is 0.439 e. The summed E-state index contributed by atoms with van der Waals surface area (Å²) >= 11 is 0. The number of ether oxygens (including phenoxy) is 3. The van der Waals surface area contributed by atoms with Crippen LogP contribution in [0.25, 0.3) is 0 Å². The Labute approximate surface area is 212 Å². The molecule has 182 valence electrons. The molecule has 0 atom stereocenters. The highest BCUT2D eigenvalue weighted by atomic mass is 127. The second kappa shape index (κ2) is 15.8. The van der Waals surface area contributed by atoms with Crippen LogP contribution in [0.2, 0.25) is 0 Å². The second-order valence-electron chi connectivity index (χ2n) is 7.63. The number of halogens is 2. The van der Waals surface area contributed by atoms with Crippen molar-refractivity contribution in [3.63, 3.8) is 0 Å². The minimum absolute atomic E-state index is 0. The molecule has 0 aliphatic carbocycles. The molecule has 1 aromatic carbocycles. The summed E-state index contributed by atoms with van der Waals surface area (Å²) in [6.07, 6.45) is 4.73. The van der Waals surface area contributed by atoms with Gasteiger partial charge < -0.3 is 24.8 Å². The van der Waals surface area contributed by atoms with E-state index in [0.717, 1.165) is 70.3 Å². The SMILES string of the molecule is CCNC(=NCc1cccnc1Oc1cccc(F)c1)NCCCOCC1CCOCC1.I. The molecular weight excluding hydrogens is 538 g/mol. The molecule has 1 saturated heterocycles. The molecule has 33 heavy (non-hydrogen) atoms. The molecule has 7 nitrogen and oxygen atoms in total. The maximum Gasteiger partial charge on any atom is 0.224 e. The molecule has 0 bridgehead atoms. The van der Waals surface area contributed by atoms with Crippen LogP contribution in [0, 0.1) is 11.7 Å². The monoisotopic (exact) mass is 572 g/mol. The number of benzene rings is 1. The Morgan fingerprint density at radius 2 is 2.06 bits per heavy atom. The van der Waals surface area contributed by atoms with E-state index in [2.05, 4.69) is 20.6 Å². The molecule has 1 aromatic heterocycles. The molecule has 0 radical (unpaired) electrons. The zero-order valence-electron chi connectivity index (χ0n) is 19.1. The minimum atomic E-state index is -0.353. The molecule has 2 N–H and O–H groups in total. The molecule has 0 saturated carbocycles. The van der Waals surface area contributed by atoms with E-state index in [9.17, 15) is 4.39 Å². The number of nitrogens with one attached hydrogen (secondary N) is 2. The highest BCUT2D eigenvalue weighted by Crippen LogP contribution is 2.24. The number of hydrogen-bond acceptors (Lipinski definition) is 5. The maximum atomic E-state index is 13.4. The van der Waals surface area contributed by atoms with E-state index in [0.29, 0.717) is 24.1 Å². The summed E-state index contributed by atoms with van der Waals surface area (Å²) < 4.78 is 30.4. The lowest BCUT2D eigenvalue weighted by Gasteiger charge is -2.21. The van der Waals surface area contributed by atoms with Crippen molar-refractivity contribution < 1.29 is 18.6 Å². The molecule has 1 aliphatic heterocycles. The highest BCUT2D eigenvalue weighted by molar-refractivity contribution is 14.0. The number of hydrogen-bond donors (Lipinski definition) is 2. The van der Waals surface area contributed by atoms with E-state index in [1.165, 1.54) is 12.1 Å². The second-order valence-corrected chi connectivity index (χ2v) is 7.63. The third-order valence-electron chi connectivity index (χ3n) is 5.06. The van der Waals surface area contributed by atoms with E-state index in [1.54, 1.807) is 18.3 Å². The Bertz CT molecular complexity index is 850. The quantitative estimate of drug-likeness (QED) is 0.179. The molecule has 2 heterocycles. The van der Waals surface area contributed by atoms with E-state index in [-0.39, 0.29) is 29.8 Å². The number of guanidine groups is 1. The lowest BCUT2D eigenvalue weighted by molar-refractivity contribution is 0.0203. The highest BCUT2D eigenvalue weighted by Gasteiger charge is 2.13. The molecule has 0 spiro atoms. The van der Waals surface area contributed by atoms with Gasteiger partial charge in [-0.2, -0.15) is 0 Å². The van der Waals surface area contributed by atoms with Crippen LogP contribution >= 0.6 is 24.0 Å². The van der Waals surface area contributed by atoms with Gasteiger partial charge in [0.25, 0.3) is 0 Å². The van der Waals surface area contributed by atoms with Crippen LogP contribution in [0.4, 0.5) is 4.39 Å². The van der Waals surface area contributed by atoms with E-state index in [4.69, 9.17) is 14.2 Å². The van der Waals surface area contributed by atoms with Crippen molar-refractivity contribution in [2.75, 3.05) is 39.5 Å². The van der Waals surface area contributed by atoms with E-state index in [1.807, 2.05) is 19.1 Å². The van der Waals surface area contributed by atoms with Gasteiger partial charge in [0.15, 0.2) is 5.96 Å². The third-order valence-corrected chi connectivity index (χ3v) is 5.06. The number of pyridine rings is 1. The summed E-state index contributed by atoms with van der Waals surface area (Å²) in [6.45, 7) is 7.16. The lowest BCUT2D eigenvalue weighted by atomic mass is 10.0. The molecule has 3 rings (SSSR count). The van der Waals surface area contributed by atoms with Crippen LogP contribution in [0.15, 0.2) is 47.6 Å². The first-order valence-electron chi connectivity index (χ1n) is 11.3. The van der Waals surface area contributed by atoms with Crippen LogP contribution in [0.1, 0.15) is 31.7 Å². The summed E-state index contributed by atoms with van der Waals surface area (Å²) in [5.41, 5.74) is 0.814. The van der Waals surface area contributed by atoms with Crippen molar-refractivity contribution in [3.05, 3.63) is 54.0 Å². The number of rotatable bonds is 11. The van der Waals surface area contributed by atoms with E-state index >= 15 is 0 Å². The van der Waals surface area contributed by atoms with Crippen molar-refractivity contribution in [3.8, 4) is 11.6 Å².